The highest BCUT2D eigenvalue weighted by Crippen LogP contribution is 2.29. The molecule has 0 aliphatic rings. The SMILES string of the molecule is Cc1ccc(-c2ccc(CNC(=O)NCCOCCOc3ccccc3OCCN(CCOc3ccccc3OCCOCCNC(=O)NCc3ccc(-c4ccc(C)cn4)nc3)CCOc3ccccc3OCCOCCNC(=O)NCc3ccc(-c4ccc(C)cn4)nc3)cn2)nc1. The molecule has 6 N–H and O–H groups in total. The van der Waals surface area contributed by atoms with E-state index in [-0.39, 0.29) is 57.7 Å². The van der Waals surface area contributed by atoms with E-state index in [1.807, 2.05) is 166 Å². The third kappa shape index (κ3) is 26.1. The monoisotopic (exact) mass is 1360 g/mol. The van der Waals surface area contributed by atoms with Crippen LogP contribution in [0.4, 0.5) is 14.4 Å². The summed E-state index contributed by atoms with van der Waals surface area (Å²) in [5.74, 6) is 3.42. The van der Waals surface area contributed by atoms with E-state index in [1.165, 1.54) is 0 Å². The van der Waals surface area contributed by atoms with Crippen molar-refractivity contribution >= 4 is 18.1 Å². The zero-order valence-electron chi connectivity index (χ0n) is 56.7. The van der Waals surface area contributed by atoms with Crippen LogP contribution >= 0.6 is 0 Å². The molecule has 0 unspecified atom stereocenters. The largest absolute Gasteiger partial charge is 0.488 e. The van der Waals surface area contributed by atoms with E-state index >= 15 is 0 Å². The molecule has 6 aromatic heterocycles. The fraction of sp³-hybridized carbons (Fsp3) is 0.320. The molecule has 25 nitrogen and oxygen atoms in total. The van der Waals surface area contributed by atoms with Gasteiger partial charge in [0.05, 0.1) is 73.8 Å². The Hall–Kier alpha value is -11.0. The highest BCUT2D eigenvalue weighted by molar-refractivity contribution is 5.74. The number of pyridine rings is 6. The van der Waals surface area contributed by atoms with Crippen molar-refractivity contribution < 1.29 is 57.0 Å². The van der Waals surface area contributed by atoms with Crippen LogP contribution in [0.2, 0.25) is 0 Å². The number of hydrogen-bond acceptors (Lipinski definition) is 19. The molecular formula is C75H87N13O12. The Kier molecular flexibility index (Phi) is 30.3. The lowest BCUT2D eigenvalue weighted by Crippen LogP contribution is -2.37. The standard InChI is InChI=1S/C75H87N13O12/c1-55-16-22-61(79-46-55)64-25-19-58(49-82-64)52-85-73(89)76-28-34-92-40-43-98-70-13-7-4-10-67(70)95-37-31-88(32-38-96-68-11-5-8-14-71(68)99-44-41-93-35-29-77-74(90)86-53-59-20-26-65(83-50-59)62-23-17-56(2)47-80-62)33-39-97-69-12-6-9-15-72(69)100-45-42-94-36-30-78-75(91)87-54-60-21-27-66(84-51-60)63-24-18-57(3)48-81-63/h4-27,46-51H,28-45,52-54H2,1-3H3,(H2,76,85,89)(H2,77,86,90)(H2,78,87,91). The molecule has 25 heteroatoms. The molecule has 0 aliphatic heterocycles. The van der Waals surface area contributed by atoms with Gasteiger partial charge in [-0.3, -0.25) is 34.8 Å². The minimum atomic E-state index is -0.315. The molecule has 0 fully saturated rings. The van der Waals surface area contributed by atoms with Gasteiger partial charge >= 0.3 is 18.1 Å². The van der Waals surface area contributed by atoms with Gasteiger partial charge in [-0.05, 0) is 127 Å². The number of urea groups is 3. The third-order valence-electron chi connectivity index (χ3n) is 14.9. The third-order valence-corrected chi connectivity index (χ3v) is 14.9. The summed E-state index contributed by atoms with van der Waals surface area (Å²) in [6.07, 6.45) is 10.6. The maximum absolute atomic E-state index is 12.5. The number of aryl methyl sites for hydroxylation is 3. The molecule has 0 spiro atoms. The summed E-state index contributed by atoms with van der Waals surface area (Å²) in [4.78, 5) is 66.4. The van der Waals surface area contributed by atoms with Gasteiger partial charge in [0.1, 0.15) is 39.6 Å². The number of amides is 6. The summed E-state index contributed by atoms with van der Waals surface area (Å²) < 4.78 is 54.6. The van der Waals surface area contributed by atoms with Gasteiger partial charge in [-0.15, -0.1) is 0 Å². The first kappa shape index (κ1) is 73.3. The number of benzene rings is 3. The molecule has 0 aliphatic carbocycles. The van der Waals surface area contributed by atoms with Crippen LogP contribution in [0.25, 0.3) is 34.2 Å². The van der Waals surface area contributed by atoms with E-state index in [1.54, 1.807) is 37.2 Å². The minimum absolute atomic E-state index is 0.259. The highest BCUT2D eigenvalue weighted by Gasteiger charge is 2.14. The number of para-hydroxylation sites is 6. The number of carbonyl (C=O) groups excluding carboxylic acids is 3. The molecule has 9 aromatic rings. The van der Waals surface area contributed by atoms with E-state index in [2.05, 4.69) is 66.7 Å². The lowest BCUT2D eigenvalue weighted by atomic mass is 10.2. The van der Waals surface area contributed by atoms with Crippen molar-refractivity contribution in [1.29, 1.82) is 0 Å². The average Bonchev–Trinajstić information content (AvgIpc) is 0.897. The number of aromatic nitrogens is 6. The minimum Gasteiger partial charge on any atom is -0.488 e. The second kappa shape index (κ2) is 41.3. The van der Waals surface area contributed by atoms with Crippen LogP contribution in [0.15, 0.2) is 183 Å². The molecule has 524 valence electrons. The summed E-state index contributed by atoms with van der Waals surface area (Å²) in [5.41, 5.74) is 10.5. The lowest BCUT2D eigenvalue weighted by molar-refractivity contribution is 0.0988. The Balaban J connectivity index is 0.678. The first-order chi connectivity index (χ1) is 49.1. The van der Waals surface area contributed by atoms with Gasteiger partial charge in [0.2, 0.25) is 0 Å². The first-order valence-electron chi connectivity index (χ1n) is 33.3. The molecule has 100 heavy (non-hydrogen) atoms. The molecule has 0 bridgehead atoms. The van der Waals surface area contributed by atoms with Crippen molar-refractivity contribution in [3.8, 4) is 68.7 Å². The van der Waals surface area contributed by atoms with Gasteiger partial charge in [-0.1, -0.05) is 72.8 Å². The Morgan fingerprint density at radius 1 is 0.290 bits per heavy atom. The number of rotatable bonds is 42. The quantitative estimate of drug-likeness (QED) is 0.0194. The van der Waals surface area contributed by atoms with Crippen molar-refractivity contribution in [1.82, 2.24) is 66.7 Å². The van der Waals surface area contributed by atoms with Gasteiger partial charge in [0.15, 0.2) is 34.5 Å². The maximum Gasteiger partial charge on any atom is 0.315 e. The molecule has 3 aromatic carbocycles. The molecule has 0 saturated carbocycles. The zero-order chi connectivity index (χ0) is 69.6. The normalized spacial score (nSPS) is 10.9. The average molecular weight is 1360 g/mol. The summed E-state index contributed by atoms with van der Waals surface area (Å²) >= 11 is 0. The van der Waals surface area contributed by atoms with Crippen LogP contribution in [-0.4, -0.2) is 171 Å². The molecule has 9 rings (SSSR count). The fourth-order valence-electron chi connectivity index (χ4n) is 9.54. The molecule has 6 heterocycles. The van der Waals surface area contributed by atoms with Crippen LogP contribution in [0.3, 0.4) is 0 Å². The van der Waals surface area contributed by atoms with Crippen LogP contribution in [0.5, 0.6) is 34.5 Å². The number of hydrogen-bond donors (Lipinski definition) is 6. The number of ether oxygens (including phenoxy) is 9. The summed E-state index contributed by atoms with van der Waals surface area (Å²) in [6.45, 7) is 12.8. The van der Waals surface area contributed by atoms with E-state index in [9.17, 15) is 14.4 Å². The summed E-state index contributed by atoms with van der Waals surface area (Å²) in [5, 5.41) is 17.0. The molecule has 6 amide bonds. The van der Waals surface area contributed by atoms with Gasteiger partial charge < -0.3 is 74.5 Å². The van der Waals surface area contributed by atoms with Crippen molar-refractivity contribution in [2.45, 2.75) is 40.4 Å². The fourth-order valence-corrected chi connectivity index (χ4v) is 9.54. The number of nitrogens with zero attached hydrogens (tertiary/aromatic N) is 7. The molecular weight excluding hydrogens is 1270 g/mol. The van der Waals surface area contributed by atoms with Gasteiger partial charge in [0.25, 0.3) is 0 Å². The molecule has 0 atom stereocenters. The Labute approximate surface area is 583 Å². The van der Waals surface area contributed by atoms with E-state index in [0.29, 0.717) is 133 Å². The summed E-state index contributed by atoms with van der Waals surface area (Å²) in [6, 6.07) is 44.6. The highest BCUT2D eigenvalue weighted by atomic mass is 16.6. The van der Waals surface area contributed by atoms with Crippen molar-refractivity contribution in [3.63, 3.8) is 0 Å². The van der Waals surface area contributed by atoms with Gasteiger partial charge in [-0.2, -0.15) is 0 Å². The molecule has 0 saturated heterocycles. The van der Waals surface area contributed by atoms with Crippen LogP contribution < -0.4 is 60.3 Å². The van der Waals surface area contributed by atoms with Crippen LogP contribution in [0, 0.1) is 20.8 Å². The van der Waals surface area contributed by atoms with E-state index < -0.39 is 0 Å². The predicted molar refractivity (Wildman–Crippen MR) is 379 cm³/mol. The maximum atomic E-state index is 12.5. The van der Waals surface area contributed by atoms with Gasteiger partial charge in [-0.25, -0.2) is 14.4 Å². The number of carbonyl (C=O) groups is 3. The second-order valence-electron chi connectivity index (χ2n) is 22.8. The van der Waals surface area contributed by atoms with E-state index in [4.69, 9.17) is 42.6 Å². The van der Waals surface area contributed by atoms with Crippen molar-refractivity contribution in [2.75, 3.05) is 119 Å². The number of nitrogens with one attached hydrogen (secondary N) is 6. The van der Waals surface area contributed by atoms with Crippen molar-refractivity contribution in [2.24, 2.45) is 0 Å². The Morgan fingerprint density at radius 2 is 0.540 bits per heavy atom. The molecule has 0 radical (unpaired) electrons. The zero-order valence-corrected chi connectivity index (χ0v) is 56.7. The van der Waals surface area contributed by atoms with E-state index in [0.717, 1.165) is 67.5 Å². The van der Waals surface area contributed by atoms with Crippen LogP contribution in [-0.2, 0) is 33.8 Å². The topological polar surface area (TPSA) is 287 Å². The lowest BCUT2D eigenvalue weighted by Gasteiger charge is -2.23. The smallest absolute Gasteiger partial charge is 0.315 e. The second-order valence-corrected chi connectivity index (χ2v) is 22.8. The predicted octanol–water partition coefficient (Wildman–Crippen LogP) is 9.51. The Bertz CT molecular complexity index is 3480. The van der Waals surface area contributed by atoms with Gasteiger partial charge in [0, 0.05) is 96.1 Å². The van der Waals surface area contributed by atoms with Crippen LogP contribution in [0.1, 0.15) is 33.4 Å². The first-order valence-corrected chi connectivity index (χ1v) is 33.3. The Morgan fingerprint density at radius 3 is 0.780 bits per heavy atom. The van der Waals surface area contributed by atoms with Crippen molar-refractivity contribution in [3.05, 3.63) is 216 Å². The summed E-state index contributed by atoms with van der Waals surface area (Å²) in [7, 11) is 0.